The molecule has 1 aliphatic rings. The van der Waals surface area contributed by atoms with E-state index in [9.17, 15) is 5.11 Å². The molecule has 0 amide bonds. The Bertz CT molecular complexity index is 321. The number of rotatable bonds is 2. The normalized spacial score (nSPS) is 20.1. The van der Waals surface area contributed by atoms with Crippen molar-refractivity contribution in [1.29, 1.82) is 0 Å². The molecule has 1 aromatic rings. The highest BCUT2D eigenvalue weighted by molar-refractivity contribution is 5.19. The summed E-state index contributed by atoms with van der Waals surface area (Å²) in [7, 11) is 0. The number of hydrogen-bond acceptors (Lipinski definition) is 3. The molecule has 1 atom stereocenters. The molecule has 0 radical (unpaired) electrons. The Hall–Kier alpha value is -0.930. The number of aromatic nitrogens is 1. The summed E-state index contributed by atoms with van der Waals surface area (Å²) >= 11 is 0. The molecule has 1 fully saturated rings. The summed E-state index contributed by atoms with van der Waals surface area (Å²) in [5, 5.41) is 10.2. The van der Waals surface area contributed by atoms with Gasteiger partial charge in [-0.25, -0.2) is 0 Å². The highest BCUT2D eigenvalue weighted by Gasteiger charge is 2.23. The largest absolute Gasteiger partial charge is 0.388 e. The zero-order valence-corrected chi connectivity index (χ0v) is 9.02. The van der Waals surface area contributed by atoms with E-state index in [2.05, 4.69) is 4.98 Å². The number of hydrogen-bond donors (Lipinski definition) is 1. The van der Waals surface area contributed by atoms with Gasteiger partial charge in [-0.2, -0.15) is 0 Å². The predicted molar refractivity (Wildman–Crippen MR) is 57.5 cm³/mol. The second-order valence-electron chi connectivity index (χ2n) is 4.19. The Morgan fingerprint density at radius 2 is 2.13 bits per heavy atom. The van der Waals surface area contributed by atoms with Crippen LogP contribution < -0.4 is 0 Å². The maximum absolute atomic E-state index is 10.2. The summed E-state index contributed by atoms with van der Waals surface area (Å²) in [5.74, 6) is 0.322. The van der Waals surface area contributed by atoms with Crippen LogP contribution in [0.2, 0.25) is 0 Å². The lowest BCUT2D eigenvalue weighted by Crippen LogP contribution is -2.22. The summed E-state index contributed by atoms with van der Waals surface area (Å²) < 4.78 is 5.28. The van der Waals surface area contributed by atoms with Crippen molar-refractivity contribution < 1.29 is 9.84 Å². The van der Waals surface area contributed by atoms with Gasteiger partial charge in [0.15, 0.2) is 0 Å². The molecule has 3 heteroatoms. The third-order valence-electron chi connectivity index (χ3n) is 2.95. The summed E-state index contributed by atoms with van der Waals surface area (Å²) in [6.45, 7) is 3.52. The lowest BCUT2D eigenvalue weighted by molar-refractivity contribution is 0.00704. The number of aryl methyl sites for hydroxylation is 1. The van der Waals surface area contributed by atoms with Crippen LogP contribution in [0, 0.1) is 12.8 Å². The maximum Gasteiger partial charge on any atom is 0.0834 e. The molecule has 0 saturated carbocycles. The third kappa shape index (κ3) is 2.55. The van der Waals surface area contributed by atoms with Crippen LogP contribution in [0.3, 0.4) is 0 Å². The van der Waals surface area contributed by atoms with Crippen molar-refractivity contribution >= 4 is 0 Å². The Labute approximate surface area is 90.1 Å². The summed E-state index contributed by atoms with van der Waals surface area (Å²) in [6, 6.07) is 2.01. The lowest BCUT2D eigenvalue weighted by Gasteiger charge is -2.26. The first-order chi connectivity index (χ1) is 7.27. The molecule has 82 valence electrons. The Morgan fingerprint density at radius 3 is 2.80 bits per heavy atom. The van der Waals surface area contributed by atoms with Crippen LogP contribution in [0.1, 0.15) is 30.1 Å². The van der Waals surface area contributed by atoms with E-state index in [1.54, 1.807) is 12.4 Å². The zero-order chi connectivity index (χ0) is 10.7. The average molecular weight is 207 g/mol. The van der Waals surface area contributed by atoms with Crippen LogP contribution in [0.4, 0.5) is 0 Å². The third-order valence-corrected chi connectivity index (χ3v) is 2.95. The smallest absolute Gasteiger partial charge is 0.0834 e. The maximum atomic E-state index is 10.2. The minimum absolute atomic E-state index is 0.322. The minimum Gasteiger partial charge on any atom is -0.388 e. The molecule has 0 bridgehead atoms. The van der Waals surface area contributed by atoms with Gasteiger partial charge in [0.05, 0.1) is 6.10 Å². The number of nitrogens with zero attached hydrogens (tertiary/aromatic N) is 1. The van der Waals surface area contributed by atoms with E-state index in [0.29, 0.717) is 5.92 Å². The molecule has 2 heterocycles. The van der Waals surface area contributed by atoms with Crippen LogP contribution in [0.5, 0.6) is 0 Å². The molecule has 0 aromatic carbocycles. The fraction of sp³-hybridized carbons (Fsp3) is 0.583. The van der Waals surface area contributed by atoms with Gasteiger partial charge in [0, 0.05) is 25.6 Å². The lowest BCUT2D eigenvalue weighted by atomic mass is 9.90. The average Bonchev–Trinajstić information content (AvgIpc) is 2.29. The summed E-state index contributed by atoms with van der Waals surface area (Å²) in [5.41, 5.74) is 2.03. The van der Waals surface area contributed by atoms with Crippen molar-refractivity contribution in [3.05, 3.63) is 29.6 Å². The van der Waals surface area contributed by atoms with E-state index in [0.717, 1.165) is 37.2 Å². The second-order valence-corrected chi connectivity index (χ2v) is 4.19. The molecule has 1 saturated heterocycles. The van der Waals surface area contributed by atoms with Crippen LogP contribution in [-0.2, 0) is 4.74 Å². The Balaban J connectivity index is 2.08. The first kappa shape index (κ1) is 10.6. The number of pyridine rings is 1. The predicted octanol–water partition coefficient (Wildman–Crippen LogP) is 1.85. The van der Waals surface area contributed by atoms with E-state index in [4.69, 9.17) is 4.74 Å². The first-order valence-electron chi connectivity index (χ1n) is 5.45. The quantitative estimate of drug-likeness (QED) is 0.804. The molecule has 0 aliphatic carbocycles. The molecular formula is C12H17NO2. The molecule has 1 aliphatic heterocycles. The monoisotopic (exact) mass is 207 g/mol. The van der Waals surface area contributed by atoms with E-state index in [1.165, 1.54) is 0 Å². The van der Waals surface area contributed by atoms with Crippen molar-refractivity contribution in [1.82, 2.24) is 4.98 Å². The van der Waals surface area contributed by atoms with Crippen LogP contribution in [0.25, 0.3) is 0 Å². The van der Waals surface area contributed by atoms with Gasteiger partial charge in [0.2, 0.25) is 0 Å². The molecule has 1 N–H and O–H groups in total. The summed E-state index contributed by atoms with van der Waals surface area (Å²) in [6.07, 6.45) is 5.05. The topological polar surface area (TPSA) is 42.4 Å². The van der Waals surface area contributed by atoms with Gasteiger partial charge in [0.1, 0.15) is 0 Å². The molecule has 1 aromatic heterocycles. The van der Waals surface area contributed by atoms with Gasteiger partial charge in [-0.3, -0.25) is 4.98 Å². The highest BCUT2D eigenvalue weighted by atomic mass is 16.5. The zero-order valence-electron chi connectivity index (χ0n) is 9.02. The van der Waals surface area contributed by atoms with Crippen molar-refractivity contribution in [3.63, 3.8) is 0 Å². The summed E-state index contributed by atoms with van der Waals surface area (Å²) in [4.78, 5) is 4.11. The molecule has 0 spiro atoms. The van der Waals surface area contributed by atoms with Gasteiger partial charge < -0.3 is 9.84 Å². The van der Waals surface area contributed by atoms with Gasteiger partial charge >= 0.3 is 0 Å². The Morgan fingerprint density at radius 1 is 1.40 bits per heavy atom. The van der Waals surface area contributed by atoms with E-state index in [-0.39, 0.29) is 6.10 Å². The molecule has 2 rings (SSSR count). The van der Waals surface area contributed by atoms with Gasteiger partial charge in [-0.05, 0) is 36.8 Å². The van der Waals surface area contributed by atoms with E-state index < -0.39 is 0 Å². The van der Waals surface area contributed by atoms with Gasteiger partial charge in [0.25, 0.3) is 0 Å². The molecule has 3 nitrogen and oxygen atoms in total. The van der Waals surface area contributed by atoms with E-state index in [1.807, 2.05) is 13.0 Å². The van der Waals surface area contributed by atoms with Crippen LogP contribution in [0.15, 0.2) is 18.5 Å². The Kier molecular flexibility index (Phi) is 3.34. The SMILES string of the molecule is Cc1cncc(C(O)C2CCOCC2)c1. The molecular weight excluding hydrogens is 190 g/mol. The minimum atomic E-state index is -0.388. The van der Waals surface area contributed by atoms with Crippen LogP contribution in [-0.4, -0.2) is 23.3 Å². The van der Waals surface area contributed by atoms with Crippen molar-refractivity contribution in [2.45, 2.75) is 25.9 Å². The highest BCUT2D eigenvalue weighted by Crippen LogP contribution is 2.29. The van der Waals surface area contributed by atoms with E-state index >= 15 is 0 Å². The molecule has 15 heavy (non-hydrogen) atoms. The standard InChI is InChI=1S/C12H17NO2/c1-9-6-11(8-13-7-9)12(14)10-2-4-15-5-3-10/h6-8,10,12,14H,2-5H2,1H3. The fourth-order valence-electron chi connectivity index (χ4n) is 2.04. The number of aliphatic hydroxyl groups excluding tert-OH is 1. The van der Waals surface area contributed by atoms with Crippen molar-refractivity contribution in [2.75, 3.05) is 13.2 Å². The number of ether oxygens (including phenoxy) is 1. The van der Waals surface area contributed by atoms with Crippen molar-refractivity contribution in [2.24, 2.45) is 5.92 Å². The second kappa shape index (κ2) is 4.73. The van der Waals surface area contributed by atoms with Crippen LogP contribution >= 0.6 is 0 Å². The van der Waals surface area contributed by atoms with Gasteiger partial charge in [-0.1, -0.05) is 6.07 Å². The van der Waals surface area contributed by atoms with Gasteiger partial charge in [-0.15, -0.1) is 0 Å². The fourth-order valence-corrected chi connectivity index (χ4v) is 2.04. The van der Waals surface area contributed by atoms with Crippen molar-refractivity contribution in [3.8, 4) is 0 Å². The number of aliphatic hydroxyl groups is 1. The first-order valence-corrected chi connectivity index (χ1v) is 5.45. The molecule has 1 unspecified atom stereocenters.